The molecule has 0 spiro atoms. The number of hydrogen-bond acceptors (Lipinski definition) is 5. The van der Waals surface area contributed by atoms with Crippen molar-refractivity contribution in [2.75, 3.05) is 0 Å². The van der Waals surface area contributed by atoms with Crippen molar-refractivity contribution in [1.82, 2.24) is 10.3 Å². The molecule has 2 heterocycles. The molecule has 5 N–H and O–H groups in total. The van der Waals surface area contributed by atoms with Crippen molar-refractivity contribution in [3.05, 3.63) is 52.7 Å². The monoisotopic (exact) mass is 368 g/mol. The molecule has 1 aliphatic rings. The van der Waals surface area contributed by atoms with E-state index in [0.29, 0.717) is 19.4 Å². The smallest absolute Gasteiger partial charge is 0.287 e. The maximum atomic E-state index is 12.7. The summed E-state index contributed by atoms with van der Waals surface area (Å²) in [6, 6.07) is 5.55. The first kappa shape index (κ1) is 18.6. The lowest BCUT2D eigenvalue weighted by molar-refractivity contribution is 0.0918. The summed E-state index contributed by atoms with van der Waals surface area (Å²) in [5.74, 6) is 0.621. The summed E-state index contributed by atoms with van der Waals surface area (Å²) in [6.45, 7) is 6.39. The molecule has 0 radical (unpaired) electrons. The first-order chi connectivity index (χ1) is 12.8. The average Bonchev–Trinajstić information content (AvgIpc) is 2.93. The van der Waals surface area contributed by atoms with Crippen LogP contribution in [0.1, 0.15) is 53.4 Å². The van der Waals surface area contributed by atoms with E-state index in [0.717, 1.165) is 28.3 Å². The van der Waals surface area contributed by atoms with Gasteiger partial charge in [0, 0.05) is 23.7 Å². The van der Waals surface area contributed by atoms with E-state index in [1.165, 1.54) is 0 Å². The zero-order valence-electron chi connectivity index (χ0n) is 15.7. The van der Waals surface area contributed by atoms with Crippen molar-refractivity contribution in [1.29, 1.82) is 0 Å². The van der Waals surface area contributed by atoms with E-state index < -0.39 is 0 Å². The number of hydrogen-bond donors (Lipinski definition) is 3. The van der Waals surface area contributed by atoms with Crippen molar-refractivity contribution in [3.8, 4) is 0 Å². The summed E-state index contributed by atoms with van der Waals surface area (Å²) in [5.41, 5.74) is 13.8. The second kappa shape index (κ2) is 7.22. The Hall–Kier alpha value is -3.16. The van der Waals surface area contributed by atoms with Gasteiger partial charge in [-0.3, -0.25) is 9.78 Å². The Morgan fingerprint density at radius 3 is 2.78 bits per heavy atom. The van der Waals surface area contributed by atoms with Gasteiger partial charge < -0.3 is 21.2 Å². The zero-order valence-corrected chi connectivity index (χ0v) is 15.7. The van der Waals surface area contributed by atoms with Gasteiger partial charge in [0.05, 0.1) is 18.0 Å². The van der Waals surface area contributed by atoms with Gasteiger partial charge in [-0.25, -0.2) is 0 Å². The number of fused-ring (bicyclic) bond motifs is 1. The SMILES string of the molecule is Cc1c(C(=O)NCc2ccccn2)oc2c1/C(=N\N=C(N)N)CC(C)(C)C2. The van der Waals surface area contributed by atoms with Crippen molar-refractivity contribution < 1.29 is 9.21 Å². The van der Waals surface area contributed by atoms with Crippen LogP contribution in [0.15, 0.2) is 39.0 Å². The summed E-state index contributed by atoms with van der Waals surface area (Å²) in [4.78, 5) is 16.9. The molecular formula is C19H24N6O2. The van der Waals surface area contributed by atoms with E-state index in [-0.39, 0.29) is 23.0 Å². The number of nitrogens with zero attached hydrogens (tertiary/aromatic N) is 3. The van der Waals surface area contributed by atoms with E-state index in [1.807, 2.05) is 25.1 Å². The molecule has 0 bridgehead atoms. The van der Waals surface area contributed by atoms with E-state index in [1.54, 1.807) is 6.20 Å². The molecule has 0 unspecified atom stereocenters. The van der Waals surface area contributed by atoms with E-state index in [2.05, 4.69) is 34.4 Å². The molecule has 1 amide bonds. The van der Waals surface area contributed by atoms with Gasteiger partial charge in [-0.2, -0.15) is 5.10 Å². The van der Waals surface area contributed by atoms with Crippen LogP contribution in [0.2, 0.25) is 0 Å². The number of carbonyl (C=O) groups excluding carboxylic acids is 1. The minimum atomic E-state index is -0.286. The molecule has 0 atom stereocenters. The Balaban J connectivity index is 1.90. The van der Waals surface area contributed by atoms with Gasteiger partial charge in [-0.05, 0) is 30.9 Å². The number of nitrogens with one attached hydrogen (secondary N) is 1. The van der Waals surface area contributed by atoms with E-state index in [9.17, 15) is 4.79 Å². The Kier molecular flexibility index (Phi) is 4.98. The summed E-state index contributed by atoms with van der Waals surface area (Å²) in [5, 5.41) is 10.8. The van der Waals surface area contributed by atoms with Crippen molar-refractivity contribution in [2.45, 2.75) is 40.2 Å². The van der Waals surface area contributed by atoms with Crippen LogP contribution in [0.5, 0.6) is 0 Å². The van der Waals surface area contributed by atoms with Gasteiger partial charge in [0.25, 0.3) is 5.91 Å². The molecule has 0 aromatic carbocycles. The lowest BCUT2D eigenvalue weighted by atomic mass is 9.75. The highest BCUT2D eigenvalue weighted by atomic mass is 16.4. The summed E-state index contributed by atoms with van der Waals surface area (Å²) >= 11 is 0. The molecule has 8 heteroatoms. The number of nitrogens with two attached hydrogens (primary N) is 2. The third-order valence-corrected chi connectivity index (χ3v) is 4.44. The summed E-state index contributed by atoms with van der Waals surface area (Å²) in [6.07, 6.45) is 3.08. The molecule has 142 valence electrons. The summed E-state index contributed by atoms with van der Waals surface area (Å²) in [7, 11) is 0. The minimum absolute atomic E-state index is 0.0727. The van der Waals surface area contributed by atoms with Crippen molar-refractivity contribution >= 4 is 17.6 Å². The van der Waals surface area contributed by atoms with Crippen LogP contribution in [0.25, 0.3) is 0 Å². The molecular weight excluding hydrogens is 344 g/mol. The first-order valence-electron chi connectivity index (χ1n) is 8.73. The Morgan fingerprint density at radius 2 is 2.11 bits per heavy atom. The Morgan fingerprint density at radius 1 is 1.33 bits per heavy atom. The van der Waals surface area contributed by atoms with Crippen LogP contribution in [-0.2, 0) is 13.0 Å². The van der Waals surface area contributed by atoms with Crippen LogP contribution in [0.3, 0.4) is 0 Å². The first-order valence-corrected chi connectivity index (χ1v) is 8.73. The topological polar surface area (TPSA) is 132 Å². The van der Waals surface area contributed by atoms with Crippen LogP contribution < -0.4 is 16.8 Å². The van der Waals surface area contributed by atoms with Crippen LogP contribution in [0.4, 0.5) is 0 Å². The van der Waals surface area contributed by atoms with Gasteiger partial charge in [0.2, 0.25) is 5.96 Å². The minimum Gasteiger partial charge on any atom is -0.455 e. The highest BCUT2D eigenvalue weighted by Crippen LogP contribution is 2.38. The number of carbonyl (C=O) groups is 1. The molecule has 1 aliphatic carbocycles. The molecule has 0 aliphatic heterocycles. The average molecular weight is 368 g/mol. The molecule has 0 saturated carbocycles. The maximum absolute atomic E-state index is 12.7. The summed E-state index contributed by atoms with van der Waals surface area (Å²) < 4.78 is 5.94. The third-order valence-electron chi connectivity index (χ3n) is 4.44. The lowest BCUT2D eigenvalue weighted by Crippen LogP contribution is -2.27. The number of amides is 1. The van der Waals surface area contributed by atoms with Gasteiger partial charge in [-0.15, -0.1) is 5.10 Å². The molecule has 27 heavy (non-hydrogen) atoms. The number of guanidine groups is 1. The van der Waals surface area contributed by atoms with Crippen LogP contribution in [0, 0.1) is 12.3 Å². The molecule has 3 rings (SSSR count). The van der Waals surface area contributed by atoms with Crippen molar-refractivity contribution in [3.63, 3.8) is 0 Å². The fourth-order valence-corrected chi connectivity index (χ4v) is 3.29. The van der Waals surface area contributed by atoms with Gasteiger partial charge >= 0.3 is 0 Å². The molecule has 0 fully saturated rings. The predicted molar refractivity (Wildman–Crippen MR) is 103 cm³/mol. The molecule has 2 aromatic heterocycles. The number of aromatic nitrogens is 1. The highest BCUT2D eigenvalue weighted by Gasteiger charge is 2.36. The number of pyridine rings is 1. The van der Waals surface area contributed by atoms with Gasteiger partial charge in [0.15, 0.2) is 5.76 Å². The largest absolute Gasteiger partial charge is 0.455 e. The number of rotatable bonds is 4. The highest BCUT2D eigenvalue weighted by molar-refractivity contribution is 6.07. The molecule has 8 nitrogen and oxygen atoms in total. The third kappa shape index (κ3) is 4.16. The van der Waals surface area contributed by atoms with E-state index >= 15 is 0 Å². The quantitative estimate of drug-likeness (QED) is 0.430. The fraction of sp³-hybridized carbons (Fsp3) is 0.368. The predicted octanol–water partition coefficient (Wildman–Crippen LogP) is 1.86. The van der Waals surface area contributed by atoms with Crippen molar-refractivity contribution in [2.24, 2.45) is 27.1 Å². The van der Waals surface area contributed by atoms with Crippen LogP contribution in [-0.4, -0.2) is 22.6 Å². The second-order valence-corrected chi connectivity index (χ2v) is 7.45. The second-order valence-electron chi connectivity index (χ2n) is 7.45. The fourth-order valence-electron chi connectivity index (χ4n) is 3.29. The zero-order chi connectivity index (χ0) is 19.6. The van der Waals surface area contributed by atoms with Gasteiger partial charge in [-0.1, -0.05) is 19.9 Å². The standard InChI is InChI=1S/C19H24N6O2/c1-11-15-13(24-25-18(20)21)8-19(2,3)9-14(15)27-16(11)17(26)23-10-12-6-4-5-7-22-12/h4-7H,8-10H2,1-3H3,(H,23,26)(H4,20,21,25)/b24-13-. The molecule has 2 aromatic rings. The van der Waals surface area contributed by atoms with Gasteiger partial charge in [0.1, 0.15) is 5.76 Å². The van der Waals surface area contributed by atoms with Crippen LogP contribution >= 0.6 is 0 Å². The number of furan rings is 1. The molecule has 0 saturated heterocycles. The Bertz CT molecular complexity index is 908. The van der Waals surface area contributed by atoms with E-state index in [4.69, 9.17) is 15.9 Å². The normalized spacial score (nSPS) is 16.6. The maximum Gasteiger partial charge on any atom is 0.287 e. The lowest BCUT2D eigenvalue weighted by Gasteiger charge is -2.29. The Labute approximate surface area is 157 Å².